The van der Waals surface area contributed by atoms with Crippen molar-refractivity contribution in [2.24, 2.45) is 0 Å². The van der Waals surface area contributed by atoms with Gasteiger partial charge in [0.15, 0.2) is 0 Å². The van der Waals surface area contributed by atoms with Crippen LogP contribution in [-0.4, -0.2) is 36.0 Å². The summed E-state index contributed by atoms with van der Waals surface area (Å²) in [5, 5.41) is 11.6. The van der Waals surface area contributed by atoms with Crippen molar-refractivity contribution < 1.29 is 9.31 Å². The lowest BCUT2D eigenvalue weighted by molar-refractivity contribution is -0.384. The number of nitro benzene ring substituents is 1. The molecule has 126 valence electrons. The van der Waals surface area contributed by atoms with E-state index >= 15 is 0 Å². The van der Waals surface area contributed by atoms with Crippen molar-refractivity contribution >= 4 is 23.0 Å². The van der Waals surface area contributed by atoms with Gasteiger partial charge in [-0.25, -0.2) is 4.39 Å². The maximum Gasteiger partial charge on any atom is 0.294 e. The highest BCUT2D eigenvalue weighted by atomic mass is 35.5. The van der Waals surface area contributed by atoms with E-state index in [9.17, 15) is 14.5 Å². The van der Waals surface area contributed by atoms with Gasteiger partial charge >= 0.3 is 0 Å². The largest absolute Gasteiger partial charge is 0.363 e. The molecule has 0 saturated carbocycles. The zero-order valence-corrected chi connectivity index (χ0v) is 13.7. The quantitative estimate of drug-likeness (QED) is 0.623. The lowest BCUT2D eigenvalue weighted by Gasteiger charge is -2.35. The molecule has 7 heteroatoms. The minimum atomic E-state index is -0.410. The Morgan fingerprint density at radius 2 is 1.83 bits per heavy atom. The highest BCUT2D eigenvalue weighted by Gasteiger charge is 2.24. The van der Waals surface area contributed by atoms with Crippen molar-refractivity contribution in [1.82, 2.24) is 4.90 Å². The molecule has 0 N–H and O–H groups in total. The first-order valence-corrected chi connectivity index (χ1v) is 8.07. The van der Waals surface area contributed by atoms with Crippen molar-refractivity contribution in [3.8, 4) is 0 Å². The minimum absolute atomic E-state index is 0.0186. The fraction of sp³-hybridized carbons (Fsp3) is 0.294. The van der Waals surface area contributed by atoms with Gasteiger partial charge in [-0.1, -0.05) is 29.8 Å². The molecule has 0 bridgehead atoms. The summed E-state index contributed by atoms with van der Waals surface area (Å²) in [6.45, 7) is 3.28. The van der Waals surface area contributed by atoms with E-state index in [1.807, 2.05) is 11.0 Å². The van der Waals surface area contributed by atoms with Crippen LogP contribution in [-0.2, 0) is 6.54 Å². The van der Waals surface area contributed by atoms with Crippen molar-refractivity contribution in [2.45, 2.75) is 6.54 Å². The molecule has 0 unspecified atom stereocenters. The molecule has 1 saturated heterocycles. The van der Waals surface area contributed by atoms with Gasteiger partial charge in [0.1, 0.15) is 11.5 Å². The highest BCUT2D eigenvalue weighted by molar-refractivity contribution is 6.30. The molecule has 0 atom stereocenters. The molecule has 0 aromatic heterocycles. The first kappa shape index (κ1) is 16.7. The second-order valence-electron chi connectivity index (χ2n) is 5.74. The Kier molecular flexibility index (Phi) is 4.97. The van der Waals surface area contributed by atoms with E-state index in [1.54, 1.807) is 24.3 Å². The normalized spacial score (nSPS) is 15.5. The van der Waals surface area contributed by atoms with Gasteiger partial charge in [0.05, 0.1) is 4.92 Å². The average molecular weight is 350 g/mol. The van der Waals surface area contributed by atoms with Gasteiger partial charge in [0.2, 0.25) is 0 Å². The maximum absolute atomic E-state index is 13.7. The third-order valence-electron chi connectivity index (χ3n) is 4.20. The smallest absolute Gasteiger partial charge is 0.294 e. The van der Waals surface area contributed by atoms with Crippen LogP contribution in [0.15, 0.2) is 42.5 Å². The molecule has 1 heterocycles. The first-order valence-electron chi connectivity index (χ1n) is 7.69. The number of piperazine rings is 1. The fourth-order valence-corrected chi connectivity index (χ4v) is 3.09. The summed E-state index contributed by atoms with van der Waals surface area (Å²) < 4.78 is 13.7. The predicted octanol–water partition coefficient (Wildman–Crippen LogP) is 3.71. The molecule has 0 amide bonds. The van der Waals surface area contributed by atoms with E-state index in [2.05, 4.69) is 4.90 Å². The second-order valence-corrected chi connectivity index (χ2v) is 6.18. The Bertz CT molecular complexity index is 748. The number of nitrogens with zero attached hydrogens (tertiary/aromatic N) is 3. The Morgan fingerprint density at radius 3 is 2.50 bits per heavy atom. The Labute approximate surface area is 144 Å². The van der Waals surface area contributed by atoms with E-state index in [1.165, 1.54) is 12.1 Å². The van der Waals surface area contributed by atoms with Crippen LogP contribution >= 0.6 is 11.6 Å². The molecule has 24 heavy (non-hydrogen) atoms. The van der Waals surface area contributed by atoms with E-state index in [0.717, 1.165) is 0 Å². The molecule has 1 aliphatic heterocycles. The highest BCUT2D eigenvalue weighted by Crippen LogP contribution is 2.31. The second kappa shape index (κ2) is 7.15. The van der Waals surface area contributed by atoms with Gasteiger partial charge in [-0.15, -0.1) is 0 Å². The number of nitro groups is 1. The Hall–Kier alpha value is -2.18. The van der Waals surface area contributed by atoms with E-state index in [4.69, 9.17) is 11.6 Å². The number of benzene rings is 2. The van der Waals surface area contributed by atoms with Gasteiger partial charge in [-0.2, -0.15) is 0 Å². The van der Waals surface area contributed by atoms with E-state index in [0.29, 0.717) is 49.0 Å². The molecule has 0 radical (unpaired) electrons. The Balaban J connectivity index is 1.67. The molecule has 0 spiro atoms. The maximum atomic E-state index is 13.7. The third kappa shape index (κ3) is 3.66. The number of anilines is 1. The standard InChI is InChI=1S/C17H17ClFN3O2/c18-14-5-6-16(17(11-14)22(23)24)21-9-7-20(8-10-21)12-13-3-1-2-4-15(13)19/h1-6,11H,7-10,12H2. The molecule has 5 nitrogen and oxygen atoms in total. The van der Waals surface area contributed by atoms with E-state index < -0.39 is 4.92 Å². The molecule has 0 aliphatic carbocycles. The molecule has 1 aliphatic rings. The molecular formula is C17H17ClFN3O2. The van der Waals surface area contributed by atoms with Gasteiger partial charge < -0.3 is 4.90 Å². The number of hydrogen-bond donors (Lipinski definition) is 0. The van der Waals surface area contributed by atoms with Crippen molar-refractivity contribution in [3.05, 3.63) is 69.0 Å². The van der Waals surface area contributed by atoms with Crippen LogP contribution < -0.4 is 4.90 Å². The number of halogens is 2. The van der Waals surface area contributed by atoms with Crippen LogP contribution in [0.25, 0.3) is 0 Å². The number of hydrogen-bond acceptors (Lipinski definition) is 4. The van der Waals surface area contributed by atoms with Crippen LogP contribution in [0.1, 0.15) is 5.56 Å². The summed E-state index contributed by atoms with van der Waals surface area (Å²) >= 11 is 5.86. The van der Waals surface area contributed by atoms with Crippen molar-refractivity contribution in [1.29, 1.82) is 0 Å². The summed E-state index contributed by atoms with van der Waals surface area (Å²) in [7, 11) is 0. The minimum Gasteiger partial charge on any atom is -0.363 e. The zero-order valence-electron chi connectivity index (χ0n) is 13.0. The monoisotopic (exact) mass is 349 g/mol. The third-order valence-corrected chi connectivity index (χ3v) is 4.43. The molecule has 1 fully saturated rings. The van der Waals surface area contributed by atoms with Gasteiger partial charge in [0, 0.05) is 49.4 Å². The van der Waals surface area contributed by atoms with Crippen molar-refractivity contribution in [2.75, 3.05) is 31.1 Å². The van der Waals surface area contributed by atoms with Gasteiger partial charge in [-0.05, 0) is 18.2 Å². The summed E-state index contributed by atoms with van der Waals surface area (Å²) in [6.07, 6.45) is 0. The van der Waals surface area contributed by atoms with Gasteiger partial charge in [-0.3, -0.25) is 15.0 Å². The first-order chi connectivity index (χ1) is 11.5. The molecule has 2 aromatic rings. The lowest BCUT2D eigenvalue weighted by Crippen LogP contribution is -2.46. The molecule has 2 aromatic carbocycles. The van der Waals surface area contributed by atoms with Crippen LogP contribution in [0.4, 0.5) is 15.8 Å². The lowest BCUT2D eigenvalue weighted by atomic mass is 10.1. The average Bonchev–Trinajstić information content (AvgIpc) is 2.58. The SMILES string of the molecule is O=[N+]([O-])c1cc(Cl)ccc1N1CCN(Cc2ccccc2F)CC1. The zero-order chi connectivity index (χ0) is 17.1. The molecule has 3 rings (SSSR count). The predicted molar refractivity (Wildman–Crippen MR) is 92.0 cm³/mol. The molecular weight excluding hydrogens is 333 g/mol. The summed E-state index contributed by atoms with van der Waals surface area (Å²) in [5.41, 5.74) is 1.27. The van der Waals surface area contributed by atoms with Crippen LogP contribution in [0, 0.1) is 15.9 Å². The van der Waals surface area contributed by atoms with Crippen LogP contribution in [0.5, 0.6) is 0 Å². The topological polar surface area (TPSA) is 49.6 Å². The summed E-state index contributed by atoms with van der Waals surface area (Å²) in [6, 6.07) is 11.5. The Morgan fingerprint density at radius 1 is 1.12 bits per heavy atom. The summed E-state index contributed by atoms with van der Waals surface area (Å²) in [4.78, 5) is 14.9. The van der Waals surface area contributed by atoms with Gasteiger partial charge in [0.25, 0.3) is 5.69 Å². The number of rotatable bonds is 4. The van der Waals surface area contributed by atoms with Crippen molar-refractivity contribution in [3.63, 3.8) is 0 Å². The van der Waals surface area contributed by atoms with Crippen LogP contribution in [0.2, 0.25) is 5.02 Å². The van der Waals surface area contributed by atoms with E-state index in [-0.39, 0.29) is 11.5 Å². The van der Waals surface area contributed by atoms with Crippen LogP contribution in [0.3, 0.4) is 0 Å². The summed E-state index contributed by atoms with van der Waals surface area (Å²) in [5.74, 6) is -0.201. The fourth-order valence-electron chi connectivity index (χ4n) is 2.92.